The standard InChI is InChI=1S/C20H22N2O5/c23-16-7-8-22(11-20(16,19(26)27)10-12-5-6-12)17-9-14(18(24)25)13-3-1-2-4-15(13)21-17/h1-4,9,12,16,23H,5-8,10-11H2,(H,24,25)(H,26,27)/t16-,20+/m1/s1. The molecular formula is C20H22N2O5. The fourth-order valence-corrected chi connectivity index (χ4v) is 4.11. The molecule has 2 aromatic rings. The van der Waals surface area contributed by atoms with Crippen molar-refractivity contribution < 1.29 is 24.9 Å². The molecule has 0 bridgehead atoms. The van der Waals surface area contributed by atoms with Crippen molar-refractivity contribution >= 4 is 28.7 Å². The van der Waals surface area contributed by atoms with E-state index in [-0.39, 0.29) is 12.1 Å². The average molecular weight is 370 g/mol. The number of piperidine rings is 1. The number of hydrogen-bond acceptors (Lipinski definition) is 5. The Morgan fingerprint density at radius 3 is 2.59 bits per heavy atom. The summed E-state index contributed by atoms with van der Waals surface area (Å²) < 4.78 is 0. The van der Waals surface area contributed by atoms with Gasteiger partial charge in [0.05, 0.1) is 17.2 Å². The van der Waals surface area contributed by atoms with Crippen molar-refractivity contribution in [2.75, 3.05) is 18.0 Å². The van der Waals surface area contributed by atoms with Crippen LogP contribution in [0.25, 0.3) is 10.9 Å². The molecule has 0 radical (unpaired) electrons. The van der Waals surface area contributed by atoms with Crippen molar-refractivity contribution in [2.45, 2.75) is 31.8 Å². The molecule has 0 spiro atoms. The third kappa shape index (κ3) is 3.12. The summed E-state index contributed by atoms with van der Waals surface area (Å²) in [5.41, 5.74) is -0.540. The van der Waals surface area contributed by atoms with E-state index in [1.165, 1.54) is 6.07 Å². The molecule has 0 unspecified atom stereocenters. The Balaban J connectivity index is 1.74. The number of fused-ring (bicyclic) bond motifs is 1. The van der Waals surface area contributed by atoms with Crippen LogP contribution in [0, 0.1) is 11.3 Å². The number of anilines is 1. The van der Waals surface area contributed by atoms with Crippen LogP contribution in [0.15, 0.2) is 30.3 Å². The van der Waals surface area contributed by atoms with Crippen molar-refractivity contribution in [3.63, 3.8) is 0 Å². The molecule has 142 valence electrons. The summed E-state index contributed by atoms with van der Waals surface area (Å²) in [6, 6.07) is 8.52. The number of carboxylic acid groups (broad SMARTS) is 2. The molecule has 4 rings (SSSR count). The lowest BCUT2D eigenvalue weighted by atomic mass is 9.73. The van der Waals surface area contributed by atoms with Gasteiger partial charge >= 0.3 is 11.9 Å². The number of hydrogen-bond donors (Lipinski definition) is 3. The molecule has 2 fully saturated rings. The Morgan fingerprint density at radius 2 is 1.93 bits per heavy atom. The van der Waals surface area contributed by atoms with E-state index in [0.717, 1.165) is 12.8 Å². The topological polar surface area (TPSA) is 111 Å². The van der Waals surface area contributed by atoms with Crippen molar-refractivity contribution in [3.8, 4) is 0 Å². The lowest BCUT2D eigenvalue weighted by molar-refractivity contribution is -0.158. The Kier molecular flexibility index (Phi) is 4.26. The lowest BCUT2D eigenvalue weighted by Crippen LogP contribution is -2.56. The van der Waals surface area contributed by atoms with Crippen molar-refractivity contribution in [1.82, 2.24) is 4.98 Å². The molecule has 2 atom stereocenters. The largest absolute Gasteiger partial charge is 0.481 e. The molecule has 3 N–H and O–H groups in total. The van der Waals surface area contributed by atoms with Gasteiger partial charge in [0.15, 0.2) is 0 Å². The zero-order valence-corrected chi connectivity index (χ0v) is 14.8. The van der Waals surface area contributed by atoms with E-state index in [1.54, 1.807) is 24.3 Å². The fourth-order valence-electron chi connectivity index (χ4n) is 4.11. The molecule has 1 aromatic heterocycles. The van der Waals surface area contributed by atoms with E-state index in [1.807, 2.05) is 4.90 Å². The zero-order chi connectivity index (χ0) is 19.2. The number of rotatable bonds is 5. The molecule has 7 heteroatoms. The average Bonchev–Trinajstić information content (AvgIpc) is 3.46. The van der Waals surface area contributed by atoms with Gasteiger partial charge in [-0.15, -0.1) is 0 Å². The summed E-state index contributed by atoms with van der Waals surface area (Å²) in [6.45, 7) is 0.565. The first-order valence-corrected chi connectivity index (χ1v) is 9.20. The minimum absolute atomic E-state index is 0.129. The second kappa shape index (κ2) is 6.49. The quantitative estimate of drug-likeness (QED) is 0.741. The molecule has 1 saturated heterocycles. The van der Waals surface area contributed by atoms with E-state index >= 15 is 0 Å². The number of aliphatic hydroxyl groups is 1. The van der Waals surface area contributed by atoms with Crippen LogP contribution >= 0.6 is 0 Å². The number of para-hydroxylation sites is 1. The Hall–Kier alpha value is -2.67. The van der Waals surface area contributed by atoms with Gasteiger partial charge in [0.1, 0.15) is 11.2 Å². The molecule has 1 saturated carbocycles. The van der Waals surface area contributed by atoms with Gasteiger partial charge < -0.3 is 20.2 Å². The molecule has 0 amide bonds. The number of benzene rings is 1. The number of carbonyl (C=O) groups is 2. The van der Waals surface area contributed by atoms with Gasteiger partial charge in [0.25, 0.3) is 0 Å². The van der Waals surface area contributed by atoms with Crippen molar-refractivity contribution in [1.29, 1.82) is 0 Å². The highest BCUT2D eigenvalue weighted by Crippen LogP contribution is 2.45. The van der Waals surface area contributed by atoms with Crippen molar-refractivity contribution in [2.24, 2.45) is 11.3 Å². The number of carboxylic acids is 2. The number of aliphatic carboxylic acids is 1. The Labute approximate surface area is 156 Å². The van der Waals surface area contributed by atoms with E-state index in [9.17, 15) is 24.9 Å². The van der Waals surface area contributed by atoms with E-state index in [4.69, 9.17) is 0 Å². The SMILES string of the molecule is O=C(O)c1cc(N2CC[C@@H](O)[C@@](CC3CC3)(C(=O)O)C2)nc2ccccc12. The predicted molar refractivity (Wildman–Crippen MR) is 98.9 cm³/mol. The minimum atomic E-state index is -1.24. The maximum atomic E-state index is 12.1. The normalized spacial score (nSPS) is 25.5. The van der Waals surface area contributed by atoms with E-state index < -0.39 is 23.5 Å². The van der Waals surface area contributed by atoms with Gasteiger partial charge in [0, 0.05) is 18.5 Å². The number of nitrogens with zero attached hydrogens (tertiary/aromatic N) is 2. The fraction of sp³-hybridized carbons (Fsp3) is 0.450. The second-order valence-electron chi connectivity index (χ2n) is 7.69. The highest BCUT2D eigenvalue weighted by Gasteiger charge is 2.52. The Bertz CT molecular complexity index is 910. The van der Waals surface area contributed by atoms with Gasteiger partial charge in [-0.05, 0) is 30.9 Å². The van der Waals surface area contributed by atoms with Gasteiger partial charge in [-0.2, -0.15) is 0 Å². The summed E-state index contributed by atoms with van der Waals surface area (Å²) in [6.07, 6.45) is 1.85. The second-order valence-corrected chi connectivity index (χ2v) is 7.69. The van der Waals surface area contributed by atoms with Crippen LogP contribution in [0.1, 0.15) is 36.0 Å². The molecule has 1 aliphatic heterocycles. The van der Waals surface area contributed by atoms with Crippen LogP contribution in [-0.2, 0) is 4.79 Å². The maximum absolute atomic E-state index is 12.1. The lowest BCUT2D eigenvalue weighted by Gasteiger charge is -2.44. The van der Waals surface area contributed by atoms with Gasteiger partial charge in [-0.1, -0.05) is 31.0 Å². The van der Waals surface area contributed by atoms with E-state index in [2.05, 4.69) is 4.98 Å². The first-order chi connectivity index (χ1) is 12.9. The monoisotopic (exact) mass is 370 g/mol. The van der Waals surface area contributed by atoms with Gasteiger partial charge in [0.2, 0.25) is 0 Å². The maximum Gasteiger partial charge on any atom is 0.336 e. The third-order valence-electron chi connectivity index (χ3n) is 5.82. The molecule has 27 heavy (non-hydrogen) atoms. The van der Waals surface area contributed by atoms with Gasteiger partial charge in [-0.3, -0.25) is 4.79 Å². The number of aromatic carboxylic acids is 1. The van der Waals surface area contributed by atoms with E-state index in [0.29, 0.717) is 42.0 Å². The van der Waals surface area contributed by atoms with Crippen LogP contribution in [0.2, 0.25) is 0 Å². The summed E-state index contributed by atoms with van der Waals surface area (Å²) in [5.74, 6) is -1.26. The predicted octanol–water partition coefficient (Wildman–Crippen LogP) is 2.38. The number of aromatic nitrogens is 1. The first-order valence-electron chi connectivity index (χ1n) is 9.20. The Morgan fingerprint density at radius 1 is 1.19 bits per heavy atom. The molecular weight excluding hydrogens is 348 g/mol. The van der Waals surface area contributed by atoms with Crippen LogP contribution in [0.3, 0.4) is 0 Å². The molecule has 7 nitrogen and oxygen atoms in total. The highest BCUT2D eigenvalue weighted by atomic mass is 16.4. The smallest absolute Gasteiger partial charge is 0.336 e. The molecule has 2 aliphatic rings. The minimum Gasteiger partial charge on any atom is -0.481 e. The van der Waals surface area contributed by atoms with Crippen LogP contribution < -0.4 is 4.90 Å². The third-order valence-corrected chi connectivity index (χ3v) is 5.82. The summed E-state index contributed by atoms with van der Waals surface area (Å²) in [5, 5.41) is 30.6. The number of aliphatic hydroxyl groups excluding tert-OH is 1. The summed E-state index contributed by atoms with van der Waals surface area (Å²) in [7, 11) is 0. The van der Waals surface area contributed by atoms with Crippen molar-refractivity contribution in [3.05, 3.63) is 35.9 Å². The van der Waals surface area contributed by atoms with Gasteiger partial charge in [-0.25, -0.2) is 9.78 Å². The first kappa shape index (κ1) is 17.7. The molecule has 2 heterocycles. The summed E-state index contributed by atoms with van der Waals surface area (Å²) in [4.78, 5) is 30.2. The molecule has 1 aliphatic carbocycles. The van der Waals surface area contributed by atoms with Crippen LogP contribution in [-0.4, -0.2) is 51.4 Å². The molecule has 1 aromatic carbocycles. The highest BCUT2D eigenvalue weighted by molar-refractivity contribution is 6.03. The van der Waals surface area contributed by atoms with Crippen LogP contribution in [0.4, 0.5) is 5.82 Å². The zero-order valence-electron chi connectivity index (χ0n) is 14.8. The number of pyridine rings is 1. The van der Waals surface area contributed by atoms with Crippen LogP contribution in [0.5, 0.6) is 0 Å². The summed E-state index contributed by atoms with van der Waals surface area (Å²) >= 11 is 0.